The number of hydrogen-bond donors (Lipinski definition) is 1. The first-order chi connectivity index (χ1) is 9.78. The maximum atomic E-state index is 6.03. The fraction of sp³-hybridized carbons (Fsp3) is 0.667. The van der Waals surface area contributed by atoms with Crippen LogP contribution in [0.3, 0.4) is 0 Å². The minimum absolute atomic E-state index is 0.338. The Morgan fingerprint density at radius 1 is 1.20 bits per heavy atom. The van der Waals surface area contributed by atoms with Gasteiger partial charge in [-0.1, -0.05) is 24.1 Å². The van der Waals surface area contributed by atoms with E-state index in [2.05, 4.69) is 30.4 Å². The lowest BCUT2D eigenvalue weighted by molar-refractivity contribution is 0.218. The molecular weight excluding hydrogens is 246 g/mol. The molecule has 20 heavy (non-hydrogen) atoms. The van der Waals surface area contributed by atoms with Crippen LogP contribution in [0.25, 0.3) is 0 Å². The van der Waals surface area contributed by atoms with E-state index >= 15 is 0 Å². The van der Waals surface area contributed by atoms with Crippen LogP contribution in [0.4, 0.5) is 0 Å². The van der Waals surface area contributed by atoms with Gasteiger partial charge in [0.2, 0.25) is 0 Å². The highest BCUT2D eigenvalue weighted by atomic mass is 16.5. The summed E-state index contributed by atoms with van der Waals surface area (Å²) >= 11 is 0. The second kappa shape index (κ2) is 5.07. The second-order valence-corrected chi connectivity index (χ2v) is 7.15. The first-order valence-electron chi connectivity index (χ1n) is 8.25. The van der Waals surface area contributed by atoms with Crippen molar-refractivity contribution in [2.75, 3.05) is 13.1 Å². The van der Waals surface area contributed by atoms with Crippen LogP contribution in [-0.4, -0.2) is 19.2 Å². The van der Waals surface area contributed by atoms with Gasteiger partial charge in [0.05, 0.1) is 0 Å². The summed E-state index contributed by atoms with van der Waals surface area (Å²) in [6, 6.07) is 6.54. The van der Waals surface area contributed by atoms with E-state index < -0.39 is 0 Å². The van der Waals surface area contributed by atoms with Crippen molar-refractivity contribution in [1.29, 1.82) is 0 Å². The van der Waals surface area contributed by atoms with Gasteiger partial charge in [-0.25, -0.2) is 0 Å². The number of hydrogen-bond acceptors (Lipinski definition) is 2. The maximum absolute atomic E-state index is 6.03. The Hall–Kier alpha value is -1.02. The van der Waals surface area contributed by atoms with E-state index in [1.54, 1.807) is 0 Å². The number of ether oxygens (including phenoxy) is 1. The third-order valence-electron chi connectivity index (χ3n) is 5.62. The average molecular weight is 271 g/mol. The highest BCUT2D eigenvalue weighted by Crippen LogP contribution is 2.47. The van der Waals surface area contributed by atoms with Gasteiger partial charge in [0.15, 0.2) is 0 Å². The number of fused-ring (bicyclic) bond motifs is 3. The molecule has 3 aliphatic rings. The highest BCUT2D eigenvalue weighted by molar-refractivity contribution is 5.40. The molecule has 0 spiro atoms. The molecule has 4 rings (SSSR count). The van der Waals surface area contributed by atoms with Crippen molar-refractivity contribution in [3.8, 4) is 5.75 Å². The normalized spacial score (nSPS) is 34.2. The summed E-state index contributed by atoms with van der Waals surface area (Å²) in [5.41, 5.74) is 2.72. The Morgan fingerprint density at radius 2 is 2.15 bits per heavy atom. The third kappa shape index (κ3) is 2.35. The van der Waals surface area contributed by atoms with Gasteiger partial charge in [0, 0.05) is 13.0 Å². The molecule has 4 unspecified atom stereocenters. The van der Waals surface area contributed by atoms with Gasteiger partial charge in [0.1, 0.15) is 11.9 Å². The predicted molar refractivity (Wildman–Crippen MR) is 81.1 cm³/mol. The topological polar surface area (TPSA) is 21.3 Å². The summed E-state index contributed by atoms with van der Waals surface area (Å²) in [6.07, 6.45) is 7.38. The SMILES string of the molecule is Cc1ccc2c(c1)CC(CNCC1CC3CCC1C3)O2. The van der Waals surface area contributed by atoms with E-state index in [4.69, 9.17) is 4.74 Å². The molecule has 0 saturated heterocycles. The van der Waals surface area contributed by atoms with Crippen molar-refractivity contribution < 1.29 is 4.74 Å². The van der Waals surface area contributed by atoms with Gasteiger partial charge in [-0.3, -0.25) is 0 Å². The summed E-state index contributed by atoms with van der Waals surface area (Å²) in [4.78, 5) is 0. The molecule has 0 aromatic heterocycles. The first-order valence-corrected chi connectivity index (χ1v) is 8.25. The van der Waals surface area contributed by atoms with Crippen LogP contribution in [0, 0.1) is 24.7 Å². The molecule has 2 fully saturated rings. The Morgan fingerprint density at radius 3 is 2.95 bits per heavy atom. The fourth-order valence-corrected chi connectivity index (χ4v) is 4.62. The van der Waals surface area contributed by atoms with Gasteiger partial charge < -0.3 is 10.1 Å². The Balaban J connectivity index is 1.26. The molecule has 108 valence electrons. The van der Waals surface area contributed by atoms with Crippen LogP contribution >= 0.6 is 0 Å². The molecule has 2 nitrogen and oxygen atoms in total. The number of nitrogens with one attached hydrogen (secondary N) is 1. The minimum atomic E-state index is 0.338. The zero-order chi connectivity index (χ0) is 13.5. The number of rotatable bonds is 4. The highest BCUT2D eigenvalue weighted by Gasteiger charge is 2.39. The number of benzene rings is 1. The van der Waals surface area contributed by atoms with Crippen molar-refractivity contribution in [1.82, 2.24) is 5.32 Å². The molecule has 0 radical (unpaired) electrons. The van der Waals surface area contributed by atoms with Crippen molar-refractivity contribution in [3.05, 3.63) is 29.3 Å². The maximum Gasteiger partial charge on any atom is 0.123 e. The summed E-state index contributed by atoms with van der Waals surface area (Å²) in [7, 11) is 0. The van der Waals surface area contributed by atoms with Gasteiger partial charge in [-0.05, 0) is 62.1 Å². The van der Waals surface area contributed by atoms with Crippen LogP contribution in [0.1, 0.15) is 36.8 Å². The Labute approximate surface area is 121 Å². The van der Waals surface area contributed by atoms with E-state index in [0.29, 0.717) is 6.10 Å². The average Bonchev–Trinajstić information content (AvgIpc) is 3.12. The molecule has 2 saturated carbocycles. The monoisotopic (exact) mass is 271 g/mol. The molecule has 1 heterocycles. The van der Waals surface area contributed by atoms with Gasteiger partial charge in [0.25, 0.3) is 0 Å². The molecule has 1 aromatic carbocycles. The van der Waals surface area contributed by atoms with Gasteiger partial charge in [-0.15, -0.1) is 0 Å². The van der Waals surface area contributed by atoms with E-state index in [1.165, 1.54) is 43.4 Å². The van der Waals surface area contributed by atoms with E-state index in [9.17, 15) is 0 Å². The van der Waals surface area contributed by atoms with Crippen LogP contribution in [-0.2, 0) is 6.42 Å². The molecular formula is C18H25NO. The standard InChI is InChI=1S/C18H25NO/c1-12-2-5-18-15(6-12)9-17(20-18)11-19-10-16-8-13-3-4-14(16)7-13/h2,5-6,13-14,16-17,19H,3-4,7-11H2,1H3. The summed E-state index contributed by atoms with van der Waals surface area (Å²) in [6.45, 7) is 4.36. The summed E-state index contributed by atoms with van der Waals surface area (Å²) < 4.78 is 6.03. The summed E-state index contributed by atoms with van der Waals surface area (Å²) in [5.74, 6) is 4.13. The molecule has 2 aliphatic carbocycles. The Bertz CT molecular complexity index is 498. The smallest absolute Gasteiger partial charge is 0.123 e. The van der Waals surface area contributed by atoms with Crippen LogP contribution in [0.5, 0.6) is 5.75 Å². The first kappa shape index (κ1) is 12.7. The molecule has 2 heteroatoms. The van der Waals surface area contributed by atoms with E-state index in [0.717, 1.165) is 36.5 Å². The molecule has 1 aromatic rings. The fourth-order valence-electron chi connectivity index (χ4n) is 4.62. The van der Waals surface area contributed by atoms with Crippen molar-refractivity contribution in [2.45, 2.75) is 45.1 Å². The van der Waals surface area contributed by atoms with Gasteiger partial charge in [-0.2, -0.15) is 0 Å². The van der Waals surface area contributed by atoms with E-state index in [1.807, 2.05) is 0 Å². The van der Waals surface area contributed by atoms with Crippen LogP contribution < -0.4 is 10.1 Å². The van der Waals surface area contributed by atoms with Crippen molar-refractivity contribution in [2.24, 2.45) is 17.8 Å². The molecule has 1 aliphatic heterocycles. The van der Waals surface area contributed by atoms with E-state index in [-0.39, 0.29) is 0 Å². The lowest BCUT2D eigenvalue weighted by atomic mass is 9.89. The molecule has 2 bridgehead atoms. The number of aryl methyl sites for hydroxylation is 1. The quantitative estimate of drug-likeness (QED) is 0.907. The summed E-state index contributed by atoms with van der Waals surface area (Å²) in [5, 5.41) is 3.68. The van der Waals surface area contributed by atoms with Crippen molar-refractivity contribution >= 4 is 0 Å². The lowest BCUT2D eigenvalue weighted by Gasteiger charge is -2.22. The van der Waals surface area contributed by atoms with Crippen LogP contribution in [0.2, 0.25) is 0 Å². The zero-order valence-corrected chi connectivity index (χ0v) is 12.4. The Kier molecular flexibility index (Phi) is 3.22. The lowest BCUT2D eigenvalue weighted by Crippen LogP contribution is -2.34. The molecule has 1 N–H and O–H groups in total. The van der Waals surface area contributed by atoms with Crippen LogP contribution in [0.15, 0.2) is 18.2 Å². The van der Waals surface area contributed by atoms with Gasteiger partial charge >= 0.3 is 0 Å². The minimum Gasteiger partial charge on any atom is -0.488 e. The third-order valence-corrected chi connectivity index (χ3v) is 5.62. The molecule has 4 atom stereocenters. The predicted octanol–water partition coefficient (Wildman–Crippen LogP) is 3.32. The van der Waals surface area contributed by atoms with Crippen molar-refractivity contribution in [3.63, 3.8) is 0 Å². The zero-order valence-electron chi connectivity index (χ0n) is 12.4. The molecule has 0 amide bonds. The second-order valence-electron chi connectivity index (χ2n) is 7.15. The largest absolute Gasteiger partial charge is 0.488 e.